The van der Waals surface area contributed by atoms with Crippen molar-refractivity contribution in [3.05, 3.63) is 40.6 Å². The Labute approximate surface area is 151 Å². The molecule has 0 bridgehead atoms. The minimum atomic E-state index is -4.15. The topological polar surface area (TPSA) is 98.7 Å². The van der Waals surface area contributed by atoms with Crippen LogP contribution in [0.4, 0.5) is 4.39 Å². The van der Waals surface area contributed by atoms with Gasteiger partial charge in [-0.3, -0.25) is 4.79 Å². The van der Waals surface area contributed by atoms with Crippen LogP contribution >= 0.6 is 0 Å². The molecule has 0 saturated carbocycles. The molecule has 3 aliphatic rings. The summed E-state index contributed by atoms with van der Waals surface area (Å²) in [5.74, 6) is -0.815. The van der Waals surface area contributed by atoms with Crippen molar-refractivity contribution in [2.45, 2.75) is 31.0 Å². The summed E-state index contributed by atoms with van der Waals surface area (Å²) in [6.45, 7) is 1.31. The van der Waals surface area contributed by atoms with Gasteiger partial charge in [0.1, 0.15) is 18.0 Å². The van der Waals surface area contributed by atoms with Gasteiger partial charge in [-0.25, -0.2) is 9.11 Å². The highest BCUT2D eigenvalue weighted by Crippen LogP contribution is 2.40. The van der Waals surface area contributed by atoms with Crippen molar-refractivity contribution in [2.24, 2.45) is 0 Å². The smallest absolute Gasteiger partial charge is 0.305 e. The van der Waals surface area contributed by atoms with Gasteiger partial charge in [-0.15, -0.1) is 0 Å². The molecule has 0 spiro atoms. The van der Waals surface area contributed by atoms with Crippen LogP contribution in [0.5, 0.6) is 0 Å². The van der Waals surface area contributed by atoms with Crippen molar-refractivity contribution >= 4 is 22.2 Å². The summed E-state index contributed by atoms with van der Waals surface area (Å²) in [6, 6.07) is 4.02. The molecular formula is C17H20FN3O4S. The molecule has 26 heavy (non-hydrogen) atoms. The van der Waals surface area contributed by atoms with Crippen LogP contribution in [0.3, 0.4) is 0 Å². The number of hydrogen-bond acceptors (Lipinski definition) is 5. The van der Waals surface area contributed by atoms with Crippen molar-refractivity contribution in [3.8, 4) is 0 Å². The fourth-order valence-electron chi connectivity index (χ4n) is 3.94. The van der Waals surface area contributed by atoms with E-state index in [2.05, 4.69) is 5.32 Å². The summed E-state index contributed by atoms with van der Waals surface area (Å²) in [5.41, 5.74) is 1.89. The van der Waals surface area contributed by atoms with Crippen LogP contribution in [0.2, 0.25) is 0 Å². The van der Waals surface area contributed by atoms with E-state index in [-0.39, 0.29) is 0 Å². The molecule has 2 fully saturated rings. The maximum absolute atomic E-state index is 15.3. The monoisotopic (exact) mass is 381 g/mol. The number of piperidine rings is 1. The van der Waals surface area contributed by atoms with E-state index in [0.29, 0.717) is 21.4 Å². The molecular weight excluding hydrogens is 361 g/mol. The van der Waals surface area contributed by atoms with E-state index in [0.717, 1.165) is 31.5 Å². The molecule has 0 aromatic heterocycles. The average molecular weight is 381 g/mol. The van der Waals surface area contributed by atoms with Gasteiger partial charge in [0.15, 0.2) is 0 Å². The molecule has 1 aromatic carbocycles. The van der Waals surface area contributed by atoms with Crippen molar-refractivity contribution in [1.29, 1.82) is 0 Å². The number of aliphatic hydroxyl groups is 1. The van der Waals surface area contributed by atoms with Gasteiger partial charge in [0.2, 0.25) is 5.91 Å². The standard InChI is InChI=1S/C17H20FN3O4S/c18-16-13-7-11(10-3-5-19-6-4-10)1-2-12(13)8-14(22)17(16)21-9-15(23)20-26(21,24)25/h1-2,7-8,10,16-17,19,22H,3-6,9H2,(H,20,23). The lowest BCUT2D eigenvalue weighted by Crippen LogP contribution is -2.43. The average Bonchev–Trinajstić information content (AvgIpc) is 2.88. The number of nitrogens with zero attached hydrogens (tertiary/aromatic N) is 1. The summed E-state index contributed by atoms with van der Waals surface area (Å²) in [5, 5.41) is 13.5. The van der Waals surface area contributed by atoms with Crippen LogP contribution < -0.4 is 10.0 Å². The number of aliphatic hydroxyl groups excluding tert-OH is 1. The third kappa shape index (κ3) is 2.89. The van der Waals surface area contributed by atoms with Gasteiger partial charge in [0.05, 0.1) is 6.54 Å². The zero-order valence-corrected chi connectivity index (χ0v) is 14.8. The van der Waals surface area contributed by atoms with Gasteiger partial charge in [0.25, 0.3) is 0 Å². The molecule has 140 valence electrons. The molecule has 7 nitrogen and oxygen atoms in total. The summed E-state index contributed by atoms with van der Waals surface area (Å²) >= 11 is 0. The Hall–Kier alpha value is -1.97. The molecule has 0 radical (unpaired) electrons. The molecule has 1 amide bonds. The summed E-state index contributed by atoms with van der Waals surface area (Å²) in [7, 11) is -4.15. The largest absolute Gasteiger partial charge is 0.510 e. The van der Waals surface area contributed by atoms with Gasteiger partial charge in [-0.2, -0.15) is 12.7 Å². The zero-order chi connectivity index (χ0) is 18.5. The third-order valence-electron chi connectivity index (χ3n) is 5.26. The lowest BCUT2D eigenvalue weighted by molar-refractivity contribution is -0.118. The maximum Gasteiger partial charge on any atom is 0.305 e. The molecule has 4 rings (SSSR count). The van der Waals surface area contributed by atoms with Crippen LogP contribution in [0.1, 0.15) is 41.6 Å². The third-order valence-corrected chi connectivity index (χ3v) is 6.72. The van der Waals surface area contributed by atoms with Crippen molar-refractivity contribution in [3.63, 3.8) is 0 Å². The van der Waals surface area contributed by atoms with E-state index in [1.54, 1.807) is 12.1 Å². The fourth-order valence-corrected chi connectivity index (χ4v) is 5.21. The van der Waals surface area contributed by atoms with E-state index in [9.17, 15) is 18.3 Å². The number of carbonyl (C=O) groups is 1. The normalized spacial score (nSPS) is 29.1. The molecule has 9 heteroatoms. The summed E-state index contributed by atoms with van der Waals surface area (Å²) in [6.07, 6.45) is 1.54. The van der Waals surface area contributed by atoms with Crippen molar-refractivity contribution in [2.75, 3.05) is 19.6 Å². The second-order valence-electron chi connectivity index (χ2n) is 6.90. The second-order valence-corrected chi connectivity index (χ2v) is 8.53. The number of carbonyl (C=O) groups excluding carboxylic acids is 1. The fraction of sp³-hybridized carbons (Fsp3) is 0.471. The molecule has 2 unspecified atom stereocenters. The number of alkyl halides is 1. The Kier molecular flexibility index (Phi) is 4.25. The van der Waals surface area contributed by atoms with E-state index in [4.69, 9.17) is 0 Å². The number of halogens is 1. The van der Waals surface area contributed by atoms with Gasteiger partial charge in [0, 0.05) is 0 Å². The highest BCUT2D eigenvalue weighted by atomic mass is 32.2. The maximum atomic E-state index is 15.3. The van der Waals surface area contributed by atoms with Gasteiger partial charge in [-0.1, -0.05) is 18.2 Å². The highest BCUT2D eigenvalue weighted by Gasteiger charge is 2.46. The Balaban J connectivity index is 1.70. The molecule has 1 aromatic rings. The number of benzene rings is 1. The Morgan fingerprint density at radius 1 is 1.23 bits per heavy atom. The van der Waals surface area contributed by atoms with Crippen LogP contribution in [0.25, 0.3) is 6.08 Å². The second kappa shape index (κ2) is 6.33. The zero-order valence-electron chi connectivity index (χ0n) is 14.0. The van der Waals surface area contributed by atoms with Crippen LogP contribution in [0, 0.1) is 0 Å². The minimum Gasteiger partial charge on any atom is -0.510 e. The summed E-state index contributed by atoms with van der Waals surface area (Å²) < 4.78 is 41.9. The van der Waals surface area contributed by atoms with Gasteiger partial charge >= 0.3 is 10.2 Å². The van der Waals surface area contributed by atoms with Crippen LogP contribution in [-0.2, 0) is 15.0 Å². The first-order valence-electron chi connectivity index (χ1n) is 8.58. The van der Waals surface area contributed by atoms with Crippen LogP contribution in [0.15, 0.2) is 24.0 Å². The quantitative estimate of drug-likeness (QED) is 0.713. The van der Waals surface area contributed by atoms with E-state index in [1.165, 1.54) is 6.08 Å². The van der Waals surface area contributed by atoms with Gasteiger partial charge in [-0.05, 0) is 54.6 Å². The lowest BCUT2D eigenvalue weighted by atomic mass is 9.84. The molecule has 2 saturated heterocycles. The van der Waals surface area contributed by atoms with E-state index < -0.39 is 40.6 Å². The Morgan fingerprint density at radius 3 is 2.62 bits per heavy atom. The molecule has 2 atom stereocenters. The summed E-state index contributed by atoms with van der Waals surface area (Å²) in [4.78, 5) is 11.5. The minimum absolute atomic E-state index is 0.325. The predicted octanol–water partition coefficient (Wildman–Crippen LogP) is 1.12. The van der Waals surface area contributed by atoms with Crippen molar-refractivity contribution < 1.29 is 22.7 Å². The Morgan fingerprint density at radius 2 is 1.96 bits per heavy atom. The SMILES string of the molecule is O=C1CN(C2C(O)=Cc3ccc(C4CCNCC4)cc3C2F)S(=O)(=O)N1. The van der Waals surface area contributed by atoms with Gasteiger partial charge < -0.3 is 10.4 Å². The highest BCUT2D eigenvalue weighted by molar-refractivity contribution is 7.88. The molecule has 3 N–H and O–H groups in total. The first-order valence-corrected chi connectivity index (χ1v) is 10.0. The number of rotatable bonds is 2. The first-order chi connectivity index (χ1) is 12.4. The van der Waals surface area contributed by atoms with E-state index in [1.807, 2.05) is 10.8 Å². The number of hydrogen-bond donors (Lipinski definition) is 3. The van der Waals surface area contributed by atoms with Crippen molar-refractivity contribution in [1.82, 2.24) is 14.3 Å². The number of nitrogens with one attached hydrogen (secondary N) is 2. The number of amides is 1. The van der Waals surface area contributed by atoms with Crippen LogP contribution in [-0.4, -0.2) is 49.4 Å². The number of fused-ring (bicyclic) bond motifs is 1. The first kappa shape index (κ1) is 17.4. The predicted molar refractivity (Wildman–Crippen MR) is 93.3 cm³/mol. The molecule has 2 heterocycles. The molecule has 2 aliphatic heterocycles. The van der Waals surface area contributed by atoms with E-state index >= 15 is 4.39 Å². The lowest BCUT2D eigenvalue weighted by Gasteiger charge is -2.32. The Bertz CT molecular complexity index is 880. The molecule has 1 aliphatic carbocycles.